The molecule has 0 N–H and O–H groups in total. The molecule has 1 aliphatic carbocycles. The molecule has 0 bridgehead atoms. The molecule has 26 heavy (non-hydrogen) atoms. The first-order valence-corrected chi connectivity index (χ1v) is 8.02. The molecule has 0 radical (unpaired) electrons. The molecular weight excluding hydrogens is 344 g/mol. The van der Waals surface area contributed by atoms with Crippen molar-refractivity contribution in [2.24, 2.45) is 5.92 Å². The highest BCUT2D eigenvalue weighted by Gasteiger charge is 2.54. The summed E-state index contributed by atoms with van der Waals surface area (Å²) in [7, 11) is 5.60. The number of cyclic esters (lactones) is 1. The van der Waals surface area contributed by atoms with Gasteiger partial charge < -0.3 is 28.4 Å². The fourth-order valence-electron chi connectivity index (χ4n) is 3.44. The van der Waals surface area contributed by atoms with Crippen molar-refractivity contribution in [3.05, 3.63) is 47.0 Å². The second-order valence-electron chi connectivity index (χ2n) is 5.82. The number of ether oxygens (including phenoxy) is 6. The van der Waals surface area contributed by atoms with Crippen LogP contribution in [0, 0.1) is 5.92 Å². The Morgan fingerprint density at radius 1 is 1.00 bits per heavy atom. The summed E-state index contributed by atoms with van der Waals surface area (Å²) in [5, 5.41) is 0. The number of hydrogen-bond acceptors (Lipinski definition) is 8. The largest absolute Gasteiger partial charge is 0.493 e. The van der Waals surface area contributed by atoms with Gasteiger partial charge in [0.15, 0.2) is 17.1 Å². The molecule has 8 heteroatoms. The van der Waals surface area contributed by atoms with Gasteiger partial charge in [0.25, 0.3) is 5.76 Å². The average molecular weight is 364 g/mol. The molecule has 0 aromatic carbocycles. The summed E-state index contributed by atoms with van der Waals surface area (Å²) >= 11 is 0. The Hall–Kier alpha value is -2.90. The van der Waals surface area contributed by atoms with Crippen LogP contribution < -0.4 is 0 Å². The molecule has 3 rings (SSSR count). The summed E-state index contributed by atoms with van der Waals surface area (Å²) in [6, 6.07) is 0. The lowest BCUT2D eigenvalue weighted by molar-refractivity contribution is -0.150. The molecule has 2 atom stereocenters. The van der Waals surface area contributed by atoms with Gasteiger partial charge >= 0.3 is 11.9 Å². The molecule has 2 unspecified atom stereocenters. The van der Waals surface area contributed by atoms with Crippen molar-refractivity contribution in [1.82, 2.24) is 0 Å². The summed E-state index contributed by atoms with van der Waals surface area (Å²) < 4.78 is 31.8. The molecule has 0 amide bonds. The topological polar surface area (TPSA) is 89.5 Å². The number of rotatable bonds is 5. The normalized spacial score (nSPS) is 29.4. The molecule has 140 valence electrons. The Bertz CT molecular complexity index is 757. The van der Waals surface area contributed by atoms with E-state index in [1.807, 2.05) is 6.08 Å². The second kappa shape index (κ2) is 6.78. The van der Waals surface area contributed by atoms with Gasteiger partial charge in [-0.2, -0.15) is 0 Å². The van der Waals surface area contributed by atoms with Crippen LogP contribution in [0.1, 0.15) is 12.8 Å². The number of allylic oxidation sites excluding steroid dienone is 1. The monoisotopic (exact) mass is 364 g/mol. The number of hydrogen-bond donors (Lipinski definition) is 0. The molecule has 3 aliphatic rings. The van der Waals surface area contributed by atoms with Gasteiger partial charge in [-0.25, -0.2) is 9.59 Å². The summed E-state index contributed by atoms with van der Waals surface area (Å²) in [4.78, 5) is 24.2. The summed E-state index contributed by atoms with van der Waals surface area (Å²) in [5.74, 6) is -0.908. The second-order valence-corrected chi connectivity index (χ2v) is 5.82. The maximum Gasteiger partial charge on any atom is 0.383 e. The molecule has 2 aliphatic heterocycles. The van der Waals surface area contributed by atoms with Gasteiger partial charge in [-0.1, -0.05) is 6.08 Å². The SMILES string of the molecule is COC1=C(OC)/C(=C/C2CCC=CC23OC(=O)C(OC)=C3OC)OC1=O. The molecule has 0 fully saturated rings. The van der Waals surface area contributed by atoms with Gasteiger partial charge in [-0.15, -0.1) is 0 Å². The van der Waals surface area contributed by atoms with E-state index < -0.39 is 17.5 Å². The van der Waals surface area contributed by atoms with Gasteiger partial charge in [-0.05, 0) is 25.0 Å². The van der Waals surface area contributed by atoms with Crippen molar-refractivity contribution >= 4 is 11.9 Å². The molecular formula is C18H20O8. The van der Waals surface area contributed by atoms with Gasteiger partial charge in [0.2, 0.25) is 11.5 Å². The van der Waals surface area contributed by atoms with Gasteiger partial charge in [0, 0.05) is 5.92 Å². The third-order valence-corrected chi connectivity index (χ3v) is 4.56. The molecule has 1 spiro atoms. The van der Waals surface area contributed by atoms with Gasteiger partial charge in [0.1, 0.15) is 0 Å². The van der Waals surface area contributed by atoms with Crippen LogP contribution in [-0.4, -0.2) is 46.0 Å². The predicted octanol–water partition coefficient (Wildman–Crippen LogP) is 1.70. The van der Waals surface area contributed by atoms with Crippen molar-refractivity contribution in [1.29, 1.82) is 0 Å². The lowest BCUT2D eigenvalue weighted by Crippen LogP contribution is -2.40. The highest BCUT2D eigenvalue weighted by Crippen LogP contribution is 2.46. The number of esters is 2. The Morgan fingerprint density at radius 2 is 1.69 bits per heavy atom. The van der Waals surface area contributed by atoms with Crippen LogP contribution in [0.3, 0.4) is 0 Å². The van der Waals surface area contributed by atoms with E-state index in [0.717, 1.165) is 6.42 Å². The van der Waals surface area contributed by atoms with E-state index in [4.69, 9.17) is 28.4 Å². The number of carbonyl (C=O) groups is 2. The molecule has 0 saturated heterocycles. The molecule has 2 heterocycles. The Kier molecular flexibility index (Phi) is 4.67. The van der Waals surface area contributed by atoms with Crippen LogP contribution in [0.25, 0.3) is 0 Å². The maximum absolute atomic E-state index is 12.2. The van der Waals surface area contributed by atoms with Crippen LogP contribution in [0.15, 0.2) is 47.0 Å². The Labute approximate surface area is 150 Å². The quantitative estimate of drug-likeness (QED) is 0.538. The first-order chi connectivity index (χ1) is 12.5. The van der Waals surface area contributed by atoms with Crippen LogP contribution in [-0.2, 0) is 38.0 Å². The van der Waals surface area contributed by atoms with Crippen molar-refractivity contribution in [3.8, 4) is 0 Å². The fourth-order valence-corrected chi connectivity index (χ4v) is 3.44. The van der Waals surface area contributed by atoms with Gasteiger partial charge in [0.05, 0.1) is 28.4 Å². The van der Waals surface area contributed by atoms with Crippen LogP contribution in [0.2, 0.25) is 0 Å². The highest BCUT2D eigenvalue weighted by atomic mass is 16.6. The summed E-state index contributed by atoms with van der Waals surface area (Å²) in [6.45, 7) is 0. The van der Waals surface area contributed by atoms with E-state index in [0.29, 0.717) is 6.42 Å². The van der Waals surface area contributed by atoms with E-state index in [9.17, 15) is 9.59 Å². The summed E-state index contributed by atoms with van der Waals surface area (Å²) in [6.07, 6.45) is 6.76. The average Bonchev–Trinajstić information content (AvgIpc) is 3.09. The number of carbonyl (C=O) groups excluding carboxylic acids is 2. The van der Waals surface area contributed by atoms with Crippen molar-refractivity contribution in [2.75, 3.05) is 28.4 Å². The first-order valence-electron chi connectivity index (χ1n) is 8.02. The zero-order valence-corrected chi connectivity index (χ0v) is 15.0. The smallest absolute Gasteiger partial charge is 0.383 e. The molecule has 0 aromatic rings. The fraction of sp³-hybridized carbons (Fsp3) is 0.444. The zero-order valence-electron chi connectivity index (χ0n) is 15.0. The Morgan fingerprint density at radius 3 is 2.31 bits per heavy atom. The van der Waals surface area contributed by atoms with E-state index in [1.54, 1.807) is 12.2 Å². The van der Waals surface area contributed by atoms with Crippen LogP contribution >= 0.6 is 0 Å². The zero-order chi connectivity index (χ0) is 18.9. The standard InChI is InChI=1S/C18H20O8/c1-21-12-11(25-16(19)13(12)22-2)9-10-7-5-6-8-18(10)15(24-4)14(23-3)17(20)26-18/h6,8-10H,5,7H2,1-4H3/b11-9-. The minimum Gasteiger partial charge on any atom is -0.493 e. The predicted molar refractivity (Wildman–Crippen MR) is 87.0 cm³/mol. The maximum atomic E-state index is 12.2. The van der Waals surface area contributed by atoms with E-state index in [2.05, 4.69) is 0 Å². The van der Waals surface area contributed by atoms with E-state index in [1.165, 1.54) is 28.4 Å². The van der Waals surface area contributed by atoms with E-state index in [-0.39, 0.29) is 34.7 Å². The van der Waals surface area contributed by atoms with E-state index >= 15 is 0 Å². The van der Waals surface area contributed by atoms with Crippen LogP contribution in [0.4, 0.5) is 0 Å². The highest BCUT2D eigenvalue weighted by molar-refractivity contribution is 5.92. The third-order valence-electron chi connectivity index (χ3n) is 4.56. The lowest BCUT2D eigenvalue weighted by atomic mass is 9.78. The van der Waals surface area contributed by atoms with Crippen molar-refractivity contribution in [3.63, 3.8) is 0 Å². The Balaban J connectivity index is 2.07. The third kappa shape index (κ3) is 2.53. The molecule has 0 saturated carbocycles. The number of methoxy groups -OCH3 is 4. The molecule has 8 nitrogen and oxygen atoms in total. The lowest BCUT2D eigenvalue weighted by Gasteiger charge is -2.35. The summed E-state index contributed by atoms with van der Waals surface area (Å²) in [5.41, 5.74) is -1.16. The molecule has 0 aromatic heterocycles. The van der Waals surface area contributed by atoms with Gasteiger partial charge in [-0.3, -0.25) is 0 Å². The van der Waals surface area contributed by atoms with Crippen LogP contribution in [0.5, 0.6) is 0 Å². The van der Waals surface area contributed by atoms with Crippen molar-refractivity contribution < 1.29 is 38.0 Å². The minimum atomic E-state index is -1.16. The minimum absolute atomic E-state index is 0.0114. The first kappa shape index (κ1) is 17.9. The van der Waals surface area contributed by atoms with Crippen molar-refractivity contribution in [2.45, 2.75) is 18.4 Å².